The molecule has 4 aromatic rings. The summed E-state index contributed by atoms with van der Waals surface area (Å²) in [5, 5.41) is 11.3. The van der Waals surface area contributed by atoms with Crippen LogP contribution in [0.2, 0.25) is 5.02 Å². The van der Waals surface area contributed by atoms with E-state index in [1.54, 1.807) is 30.3 Å². The predicted molar refractivity (Wildman–Crippen MR) is 124 cm³/mol. The second-order valence-corrected chi connectivity index (χ2v) is 8.57. The van der Waals surface area contributed by atoms with Crippen molar-refractivity contribution in [1.29, 1.82) is 0 Å². The maximum absolute atomic E-state index is 13.4. The lowest BCUT2D eigenvalue weighted by atomic mass is 9.84. The highest BCUT2D eigenvalue weighted by molar-refractivity contribution is 6.30. The standard InChI is InChI=1S/C26H17ClO7/c27-15-4-1-13(2-5-15)17-12-33-26-23-16(14-3-6-19-20(9-14)32-8-7-31-19)10-22(29)34-21(23)11-18(28)24(26)25(17)30/h1-6,9,11-12,16,28H,7-8,10H2/t16-/m0/s1. The third-order valence-corrected chi connectivity index (χ3v) is 6.35. The minimum absolute atomic E-state index is 0.0201. The molecule has 1 aromatic heterocycles. The molecule has 1 atom stereocenters. The fraction of sp³-hybridized carbons (Fsp3) is 0.154. The molecule has 2 aliphatic rings. The Morgan fingerprint density at radius 1 is 0.912 bits per heavy atom. The fourth-order valence-corrected chi connectivity index (χ4v) is 4.65. The Morgan fingerprint density at radius 3 is 2.47 bits per heavy atom. The van der Waals surface area contributed by atoms with Gasteiger partial charge in [-0.05, 0) is 35.4 Å². The molecule has 0 bridgehead atoms. The monoisotopic (exact) mass is 476 g/mol. The third-order valence-electron chi connectivity index (χ3n) is 6.09. The van der Waals surface area contributed by atoms with Gasteiger partial charge in [0.1, 0.15) is 41.9 Å². The van der Waals surface area contributed by atoms with Gasteiger partial charge in [0.25, 0.3) is 0 Å². The molecule has 2 aliphatic heterocycles. The Kier molecular flexibility index (Phi) is 4.74. The molecule has 0 saturated carbocycles. The average molecular weight is 477 g/mol. The van der Waals surface area contributed by atoms with Gasteiger partial charge in [0.15, 0.2) is 11.5 Å². The van der Waals surface area contributed by atoms with Crippen LogP contribution >= 0.6 is 11.6 Å². The smallest absolute Gasteiger partial charge is 0.312 e. The number of carbonyl (C=O) groups excluding carboxylic acids is 1. The van der Waals surface area contributed by atoms with Crippen molar-refractivity contribution in [1.82, 2.24) is 0 Å². The maximum atomic E-state index is 13.4. The fourth-order valence-electron chi connectivity index (χ4n) is 4.52. The van der Waals surface area contributed by atoms with Crippen molar-refractivity contribution in [3.63, 3.8) is 0 Å². The number of phenolic OH excluding ortho intramolecular Hbond substituents is 1. The van der Waals surface area contributed by atoms with E-state index in [-0.39, 0.29) is 34.5 Å². The summed E-state index contributed by atoms with van der Waals surface area (Å²) in [6, 6.07) is 13.5. The first-order valence-electron chi connectivity index (χ1n) is 10.7. The number of hydrogen-bond donors (Lipinski definition) is 1. The predicted octanol–water partition coefficient (Wildman–Crippen LogP) is 5.03. The molecule has 0 amide bonds. The van der Waals surface area contributed by atoms with Crippen LogP contribution in [0.1, 0.15) is 23.5 Å². The second kappa shape index (κ2) is 7.81. The van der Waals surface area contributed by atoms with E-state index < -0.39 is 17.3 Å². The molecule has 0 fully saturated rings. The molecule has 8 heteroatoms. The van der Waals surface area contributed by atoms with Crippen LogP contribution in [0.5, 0.6) is 23.0 Å². The van der Waals surface area contributed by atoms with Gasteiger partial charge in [-0.2, -0.15) is 0 Å². The number of phenols is 1. The topological polar surface area (TPSA) is 95.2 Å². The number of hydrogen-bond acceptors (Lipinski definition) is 7. The number of aromatic hydroxyl groups is 1. The molecule has 0 spiro atoms. The highest BCUT2D eigenvalue weighted by atomic mass is 35.5. The Labute approximate surface area is 198 Å². The highest BCUT2D eigenvalue weighted by Gasteiger charge is 2.34. The number of rotatable bonds is 2. The van der Waals surface area contributed by atoms with Gasteiger partial charge in [-0.25, -0.2) is 0 Å². The lowest BCUT2D eigenvalue weighted by molar-refractivity contribution is -0.135. The van der Waals surface area contributed by atoms with Gasteiger partial charge >= 0.3 is 5.97 Å². The van der Waals surface area contributed by atoms with Gasteiger partial charge < -0.3 is 23.7 Å². The van der Waals surface area contributed by atoms with Crippen LogP contribution in [0.4, 0.5) is 0 Å². The van der Waals surface area contributed by atoms with E-state index in [0.29, 0.717) is 40.9 Å². The zero-order chi connectivity index (χ0) is 23.4. The van der Waals surface area contributed by atoms with Crippen LogP contribution in [-0.2, 0) is 4.79 Å². The first-order chi connectivity index (χ1) is 16.5. The Morgan fingerprint density at radius 2 is 1.68 bits per heavy atom. The molecular weight excluding hydrogens is 460 g/mol. The van der Waals surface area contributed by atoms with Crippen molar-refractivity contribution in [2.24, 2.45) is 0 Å². The summed E-state index contributed by atoms with van der Waals surface area (Å²) in [6.07, 6.45) is 1.39. The quantitative estimate of drug-likeness (QED) is 0.320. The maximum Gasteiger partial charge on any atom is 0.312 e. The minimum Gasteiger partial charge on any atom is -0.507 e. The average Bonchev–Trinajstić information content (AvgIpc) is 2.84. The second-order valence-electron chi connectivity index (χ2n) is 8.13. The third kappa shape index (κ3) is 3.28. The van der Waals surface area contributed by atoms with Crippen LogP contribution in [0.15, 0.2) is 64.0 Å². The Bertz CT molecular complexity index is 1520. The molecule has 0 unspecified atom stereocenters. The van der Waals surface area contributed by atoms with E-state index in [1.807, 2.05) is 12.1 Å². The van der Waals surface area contributed by atoms with E-state index in [9.17, 15) is 14.7 Å². The molecule has 3 aromatic carbocycles. The number of esters is 1. The molecule has 0 radical (unpaired) electrons. The summed E-state index contributed by atoms with van der Waals surface area (Å²) in [5.41, 5.74) is 1.95. The molecule has 6 rings (SSSR count). The summed E-state index contributed by atoms with van der Waals surface area (Å²) < 4.78 is 22.7. The highest BCUT2D eigenvalue weighted by Crippen LogP contribution is 2.47. The van der Waals surface area contributed by atoms with Gasteiger partial charge in [0.05, 0.1) is 12.0 Å². The SMILES string of the molecule is O=C1C[C@@H](c2ccc3c(c2)OCCO3)c2c(cc(O)c3c(=O)c(-c4ccc(Cl)cc4)coc23)O1. The van der Waals surface area contributed by atoms with E-state index in [2.05, 4.69) is 0 Å². The van der Waals surface area contributed by atoms with Crippen molar-refractivity contribution >= 4 is 28.5 Å². The van der Waals surface area contributed by atoms with Crippen LogP contribution in [0.3, 0.4) is 0 Å². The van der Waals surface area contributed by atoms with Gasteiger partial charge in [-0.15, -0.1) is 0 Å². The summed E-state index contributed by atoms with van der Waals surface area (Å²) >= 11 is 5.97. The zero-order valence-electron chi connectivity index (χ0n) is 17.7. The first kappa shape index (κ1) is 20.6. The zero-order valence-corrected chi connectivity index (χ0v) is 18.4. The molecule has 1 N–H and O–H groups in total. The lowest BCUT2D eigenvalue weighted by Gasteiger charge is -2.27. The number of halogens is 1. The molecule has 3 heterocycles. The summed E-state index contributed by atoms with van der Waals surface area (Å²) in [7, 11) is 0. The molecule has 0 aliphatic carbocycles. The van der Waals surface area contributed by atoms with E-state index >= 15 is 0 Å². The molecule has 170 valence electrons. The number of benzene rings is 3. The van der Waals surface area contributed by atoms with Crippen LogP contribution in [0.25, 0.3) is 22.1 Å². The van der Waals surface area contributed by atoms with Gasteiger partial charge in [-0.1, -0.05) is 29.8 Å². The molecule has 34 heavy (non-hydrogen) atoms. The van der Waals surface area contributed by atoms with Crippen molar-refractivity contribution in [3.8, 4) is 34.1 Å². The number of carbonyl (C=O) groups is 1. The number of fused-ring (bicyclic) bond motifs is 4. The lowest BCUT2D eigenvalue weighted by Crippen LogP contribution is -2.22. The van der Waals surface area contributed by atoms with Crippen molar-refractivity contribution in [2.45, 2.75) is 12.3 Å². The van der Waals surface area contributed by atoms with Crippen molar-refractivity contribution in [2.75, 3.05) is 13.2 Å². The summed E-state index contributed by atoms with van der Waals surface area (Å²) in [5.74, 6) is 0.116. The molecular formula is C26H17ClO7. The first-order valence-corrected chi connectivity index (χ1v) is 11.0. The Balaban J connectivity index is 1.56. The van der Waals surface area contributed by atoms with Gasteiger partial charge in [0, 0.05) is 22.6 Å². The van der Waals surface area contributed by atoms with Crippen molar-refractivity contribution in [3.05, 3.63) is 81.2 Å². The largest absolute Gasteiger partial charge is 0.507 e. The van der Waals surface area contributed by atoms with Crippen LogP contribution in [0, 0.1) is 0 Å². The van der Waals surface area contributed by atoms with Crippen LogP contribution in [-0.4, -0.2) is 24.3 Å². The minimum atomic E-state index is -0.472. The van der Waals surface area contributed by atoms with E-state index in [0.717, 1.165) is 5.56 Å². The summed E-state index contributed by atoms with van der Waals surface area (Å²) in [6.45, 7) is 0.898. The van der Waals surface area contributed by atoms with E-state index in [4.69, 9.17) is 30.2 Å². The molecule has 0 saturated heterocycles. The molecule has 7 nitrogen and oxygen atoms in total. The van der Waals surface area contributed by atoms with Gasteiger partial charge in [-0.3, -0.25) is 9.59 Å². The Hall–Kier alpha value is -3.97. The summed E-state index contributed by atoms with van der Waals surface area (Å²) in [4.78, 5) is 25.8. The van der Waals surface area contributed by atoms with E-state index in [1.165, 1.54) is 12.3 Å². The van der Waals surface area contributed by atoms with Gasteiger partial charge in [0.2, 0.25) is 5.43 Å². The number of ether oxygens (including phenoxy) is 3. The van der Waals surface area contributed by atoms with Crippen LogP contribution < -0.4 is 19.6 Å². The van der Waals surface area contributed by atoms with Crippen molar-refractivity contribution < 1.29 is 28.5 Å². The normalized spacial score (nSPS) is 16.7.